The number of aryl methyl sites for hydroxylation is 1. The number of nitrogens with zero attached hydrogens (tertiary/aromatic N) is 1. The Morgan fingerprint density at radius 3 is 2.55 bits per heavy atom. The summed E-state index contributed by atoms with van der Waals surface area (Å²) in [5.74, 6) is 0.483. The van der Waals surface area contributed by atoms with Crippen LogP contribution in [0.1, 0.15) is 31.6 Å². The second-order valence-electron chi connectivity index (χ2n) is 5.22. The van der Waals surface area contributed by atoms with E-state index in [1.54, 1.807) is 10.4 Å². The molecule has 20 heavy (non-hydrogen) atoms. The minimum Gasteiger partial charge on any atom is -0.317 e. The molecule has 1 fully saturated rings. The fourth-order valence-corrected chi connectivity index (χ4v) is 5.54. The van der Waals surface area contributed by atoms with Crippen LogP contribution in [0.2, 0.25) is 0 Å². The Morgan fingerprint density at radius 1 is 1.30 bits per heavy atom. The van der Waals surface area contributed by atoms with Gasteiger partial charge in [-0.2, -0.15) is 4.31 Å². The molecule has 2 heterocycles. The maximum atomic E-state index is 12.7. The van der Waals surface area contributed by atoms with E-state index in [9.17, 15) is 8.42 Å². The lowest BCUT2D eigenvalue weighted by Gasteiger charge is -2.28. The van der Waals surface area contributed by atoms with Crippen molar-refractivity contribution in [3.8, 4) is 0 Å². The molecule has 0 atom stereocenters. The van der Waals surface area contributed by atoms with Crippen LogP contribution >= 0.6 is 11.3 Å². The van der Waals surface area contributed by atoms with Crippen LogP contribution in [0, 0.1) is 5.92 Å². The number of hydrogen-bond donors (Lipinski definition) is 1. The third-order valence-corrected chi connectivity index (χ3v) is 7.49. The molecule has 0 amide bonds. The van der Waals surface area contributed by atoms with Gasteiger partial charge in [-0.25, -0.2) is 8.42 Å². The summed E-state index contributed by atoms with van der Waals surface area (Å²) in [4.78, 5) is 1.13. The molecule has 1 aromatic rings. The Labute approximate surface area is 126 Å². The number of rotatable bonds is 6. The predicted octanol–water partition coefficient (Wildman–Crippen LogP) is 2.32. The Bertz CT molecular complexity index is 519. The van der Waals surface area contributed by atoms with Gasteiger partial charge >= 0.3 is 0 Å². The minimum absolute atomic E-state index is 0.483. The smallest absolute Gasteiger partial charge is 0.252 e. The zero-order valence-electron chi connectivity index (χ0n) is 12.3. The van der Waals surface area contributed by atoms with Crippen molar-refractivity contribution in [3.05, 3.63) is 17.0 Å². The number of nitrogens with one attached hydrogen (secondary N) is 1. The normalized spacial score (nSPS) is 17.8. The topological polar surface area (TPSA) is 49.4 Å². The second kappa shape index (κ2) is 7.02. The molecule has 2 rings (SSSR count). The van der Waals surface area contributed by atoms with Crippen LogP contribution in [0.5, 0.6) is 0 Å². The van der Waals surface area contributed by atoms with Crippen molar-refractivity contribution in [3.63, 3.8) is 0 Å². The molecule has 1 aliphatic rings. The summed E-state index contributed by atoms with van der Waals surface area (Å²) in [6, 6.07) is 3.68. The molecule has 0 radical (unpaired) electrons. The summed E-state index contributed by atoms with van der Waals surface area (Å²) >= 11 is 1.40. The Balaban J connectivity index is 2.11. The molecule has 1 aromatic heterocycles. The van der Waals surface area contributed by atoms with E-state index in [0.717, 1.165) is 37.2 Å². The maximum absolute atomic E-state index is 12.7. The predicted molar refractivity (Wildman–Crippen MR) is 83.7 cm³/mol. The van der Waals surface area contributed by atoms with Gasteiger partial charge < -0.3 is 5.32 Å². The van der Waals surface area contributed by atoms with Crippen LogP contribution in [0.15, 0.2) is 16.3 Å². The molecule has 1 aliphatic heterocycles. The van der Waals surface area contributed by atoms with Gasteiger partial charge in [0, 0.05) is 18.0 Å². The first-order valence-electron chi connectivity index (χ1n) is 7.37. The number of thiophene rings is 1. The van der Waals surface area contributed by atoms with Gasteiger partial charge in [0.15, 0.2) is 0 Å². The summed E-state index contributed by atoms with van der Waals surface area (Å²) in [5.41, 5.74) is 0. The van der Waals surface area contributed by atoms with E-state index in [1.807, 2.05) is 13.0 Å². The standard InChI is InChI=1S/C14H24N2O2S2/c1-3-13-5-6-14(19-13)20(17,18)16(4-2)11-12-7-9-15-10-8-12/h5-6,12,15H,3-4,7-11H2,1-2H3. The fourth-order valence-electron chi connectivity index (χ4n) is 2.56. The van der Waals surface area contributed by atoms with Crippen LogP contribution in [-0.2, 0) is 16.4 Å². The molecule has 0 aromatic carbocycles. The number of hydrogen-bond acceptors (Lipinski definition) is 4. The molecular formula is C14H24N2O2S2. The van der Waals surface area contributed by atoms with E-state index in [2.05, 4.69) is 12.2 Å². The van der Waals surface area contributed by atoms with E-state index < -0.39 is 10.0 Å². The van der Waals surface area contributed by atoms with Gasteiger partial charge in [-0.15, -0.1) is 11.3 Å². The van der Waals surface area contributed by atoms with Gasteiger partial charge in [-0.05, 0) is 50.4 Å². The maximum Gasteiger partial charge on any atom is 0.252 e. The second-order valence-corrected chi connectivity index (χ2v) is 8.56. The fraction of sp³-hybridized carbons (Fsp3) is 0.714. The SMILES string of the molecule is CCc1ccc(S(=O)(=O)N(CC)CC2CCNCC2)s1. The molecule has 0 bridgehead atoms. The lowest BCUT2D eigenvalue weighted by atomic mass is 9.98. The first kappa shape index (κ1) is 15.9. The molecular weight excluding hydrogens is 292 g/mol. The number of sulfonamides is 1. The summed E-state index contributed by atoms with van der Waals surface area (Å²) in [6.07, 6.45) is 3.02. The average Bonchev–Trinajstić information content (AvgIpc) is 2.95. The van der Waals surface area contributed by atoms with Crippen LogP contribution in [0.4, 0.5) is 0 Å². The molecule has 1 saturated heterocycles. The van der Waals surface area contributed by atoms with Gasteiger partial charge in [0.1, 0.15) is 4.21 Å². The third-order valence-electron chi connectivity index (χ3n) is 3.85. The van der Waals surface area contributed by atoms with Crippen molar-refractivity contribution < 1.29 is 8.42 Å². The Morgan fingerprint density at radius 2 is 2.00 bits per heavy atom. The van der Waals surface area contributed by atoms with E-state index in [1.165, 1.54) is 11.3 Å². The van der Waals surface area contributed by atoms with Crippen LogP contribution < -0.4 is 5.32 Å². The van der Waals surface area contributed by atoms with Crippen LogP contribution in [0.25, 0.3) is 0 Å². The van der Waals surface area contributed by atoms with Crippen molar-refractivity contribution in [2.45, 2.75) is 37.3 Å². The van der Waals surface area contributed by atoms with E-state index in [-0.39, 0.29) is 0 Å². The molecule has 6 heteroatoms. The van der Waals surface area contributed by atoms with Gasteiger partial charge in [0.05, 0.1) is 0 Å². The van der Waals surface area contributed by atoms with Gasteiger partial charge in [-0.1, -0.05) is 13.8 Å². The molecule has 4 nitrogen and oxygen atoms in total. The first-order chi connectivity index (χ1) is 9.57. The van der Waals surface area contributed by atoms with E-state index >= 15 is 0 Å². The summed E-state index contributed by atoms with van der Waals surface area (Å²) in [6.45, 7) is 7.18. The first-order valence-corrected chi connectivity index (χ1v) is 9.63. The van der Waals surface area contributed by atoms with E-state index in [4.69, 9.17) is 0 Å². The summed E-state index contributed by atoms with van der Waals surface area (Å²) in [5, 5.41) is 3.32. The van der Waals surface area contributed by atoms with E-state index in [0.29, 0.717) is 23.2 Å². The highest BCUT2D eigenvalue weighted by molar-refractivity contribution is 7.91. The van der Waals surface area contributed by atoms with Crippen molar-refractivity contribution in [2.24, 2.45) is 5.92 Å². The molecule has 114 valence electrons. The van der Waals surface area contributed by atoms with Gasteiger partial charge in [-0.3, -0.25) is 0 Å². The minimum atomic E-state index is -3.31. The van der Waals surface area contributed by atoms with Crippen molar-refractivity contribution >= 4 is 21.4 Å². The largest absolute Gasteiger partial charge is 0.317 e. The van der Waals surface area contributed by atoms with Crippen molar-refractivity contribution in [1.29, 1.82) is 0 Å². The lowest BCUT2D eigenvalue weighted by Crippen LogP contribution is -2.39. The molecule has 0 unspecified atom stereocenters. The monoisotopic (exact) mass is 316 g/mol. The molecule has 0 aliphatic carbocycles. The summed E-state index contributed by atoms with van der Waals surface area (Å²) < 4.78 is 27.5. The Hall–Kier alpha value is -0.430. The van der Waals surface area contributed by atoms with Crippen LogP contribution in [0.3, 0.4) is 0 Å². The van der Waals surface area contributed by atoms with Gasteiger partial charge in [0.2, 0.25) is 0 Å². The highest BCUT2D eigenvalue weighted by atomic mass is 32.2. The quantitative estimate of drug-likeness (QED) is 0.876. The third kappa shape index (κ3) is 3.61. The zero-order chi connectivity index (χ0) is 14.6. The molecule has 1 N–H and O–H groups in total. The lowest BCUT2D eigenvalue weighted by molar-refractivity contribution is 0.294. The van der Waals surface area contributed by atoms with Crippen LogP contribution in [-0.4, -0.2) is 38.9 Å². The summed E-state index contributed by atoms with van der Waals surface area (Å²) in [7, 11) is -3.31. The Kier molecular flexibility index (Phi) is 5.60. The highest BCUT2D eigenvalue weighted by Crippen LogP contribution is 2.26. The van der Waals surface area contributed by atoms with Gasteiger partial charge in [0.25, 0.3) is 10.0 Å². The average molecular weight is 316 g/mol. The van der Waals surface area contributed by atoms with Crippen molar-refractivity contribution in [1.82, 2.24) is 9.62 Å². The number of piperidine rings is 1. The zero-order valence-corrected chi connectivity index (χ0v) is 13.9. The molecule has 0 saturated carbocycles. The van der Waals surface area contributed by atoms with Crippen molar-refractivity contribution in [2.75, 3.05) is 26.2 Å². The highest BCUT2D eigenvalue weighted by Gasteiger charge is 2.27. The molecule has 0 spiro atoms.